The Morgan fingerprint density at radius 2 is 0.765 bits per heavy atom. The van der Waals surface area contributed by atoms with E-state index in [4.69, 9.17) is 9.47 Å². The summed E-state index contributed by atoms with van der Waals surface area (Å²) in [5, 5.41) is 0. The Morgan fingerprint density at radius 3 is 1.09 bits per heavy atom. The van der Waals surface area contributed by atoms with E-state index in [-0.39, 0.29) is 11.5 Å². The second kappa shape index (κ2) is 10.5. The van der Waals surface area contributed by atoms with Crippen molar-refractivity contribution in [3.05, 3.63) is 143 Å². The summed E-state index contributed by atoms with van der Waals surface area (Å²) < 4.78 is 11.8. The molecule has 0 saturated carbocycles. The van der Waals surface area contributed by atoms with Gasteiger partial charge >= 0.3 is 11.9 Å². The lowest BCUT2D eigenvalue weighted by Crippen LogP contribution is -2.11. The highest BCUT2D eigenvalue weighted by atomic mass is 16.6. The molecule has 4 rings (SSSR count). The molecule has 0 saturated heterocycles. The molecule has 4 aromatic rings. The highest BCUT2D eigenvalue weighted by Gasteiger charge is 2.22. The number of esters is 2. The average molecular weight is 449 g/mol. The van der Waals surface area contributed by atoms with Gasteiger partial charge in [-0.2, -0.15) is 0 Å². The fourth-order valence-electron chi connectivity index (χ4n) is 3.33. The van der Waals surface area contributed by atoms with Crippen LogP contribution < -0.4 is 0 Å². The summed E-state index contributed by atoms with van der Waals surface area (Å²) in [7, 11) is 0. The zero-order chi connectivity index (χ0) is 23.9. The summed E-state index contributed by atoms with van der Waals surface area (Å²) in [6, 6.07) is 32.4. The quantitative estimate of drug-likeness (QED) is 0.184. The van der Waals surface area contributed by atoms with Crippen LogP contribution in [0, 0.1) is 13.8 Å². The average Bonchev–Trinajstić information content (AvgIpc) is 2.88. The first-order valence-corrected chi connectivity index (χ1v) is 10.9. The van der Waals surface area contributed by atoms with Crippen LogP contribution in [0.1, 0.15) is 43.0 Å². The number of hydrogen-bond donors (Lipinski definition) is 0. The second-order valence-corrected chi connectivity index (χ2v) is 7.90. The molecule has 4 nitrogen and oxygen atoms in total. The first-order valence-electron chi connectivity index (χ1n) is 10.9. The predicted octanol–water partition coefficient (Wildman–Crippen LogP) is 6.84. The van der Waals surface area contributed by atoms with E-state index in [1.165, 1.54) is 0 Å². The molecule has 0 aliphatic rings. The van der Waals surface area contributed by atoms with Crippen LogP contribution in [0.2, 0.25) is 0 Å². The topological polar surface area (TPSA) is 52.6 Å². The molecule has 0 N–H and O–H groups in total. The maximum absolute atomic E-state index is 13.0. The summed E-state index contributed by atoms with van der Waals surface area (Å²) in [6.45, 7) is 3.94. The number of rotatable bonds is 6. The van der Waals surface area contributed by atoms with E-state index < -0.39 is 11.9 Å². The molecule has 0 heterocycles. The van der Waals surface area contributed by atoms with Gasteiger partial charge in [-0.15, -0.1) is 0 Å². The molecule has 0 aromatic heterocycles. The summed E-state index contributed by atoms with van der Waals surface area (Å²) >= 11 is 0. The minimum Gasteiger partial charge on any atom is -0.418 e. The Kier molecular flexibility index (Phi) is 6.99. The van der Waals surface area contributed by atoms with Gasteiger partial charge in [0.15, 0.2) is 11.5 Å². The van der Waals surface area contributed by atoms with Crippen molar-refractivity contribution in [1.82, 2.24) is 0 Å². The monoisotopic (exact) mass is 448 g/mol. The normalized spacial score (nSPS) is 11.4. The van der Waals surface area contributed by atoms with Gasteiger partial charge in [-0.25, -0.2) is 9.59 Å². The Balaban J connectivity index is 1.86. The molecule has 0 atom stereocenters. The van der Waals surface area contributed by atoms with Gasteiger partial charge in [-0.1, -0.05) is 96.1 Å². The van der Waals surface area contributed by atoms with Crippen LogP contribution in [0.3, 0.4) is 0 Å². The molecule has 0 unspecified atom stereocenters. The van der Waals surface area contributed by atoms with Gasteiger partial charge in [-0.05, 0) is 38.1 Å². The fourth-order valence-corrected chi connectivity index (χ4v) is 3.33. The number of aryl methyl sites for hydroxylation is 2. The van der Waals surface area contributed by atoms with Gasteiger partial charge in [0, 0.05) is 11.1 Å². The first kappa shape index (κ1) is 22.7. The van der Waals surface area contributed by atoms with E-state index in [0.29, 0.717) is 22.3 Å². The minimum atomic E-state index is -0.545. The summed E-state index contributed by atoms with van der Waals surface area (Å²) in [4.78, 5) is 26.1. The maximum Gasteiger partial charge on any atom is 0.343 e. The Hall–Kier alpha value is -4.44. The van der Waals surface area contributed by atoms with E-state index in [1.54, 1.807) is 48.5 Å². The molecule has 4 heteroatoms. The number of ether oxygens (including phenoxy) is 2. The molecule has 168 valence electrons. The fraction of sp³-hybridized carbons (Fsp3) is 0.0667. The van der Waals surface area contributed by atoms with Crippen LogP contribution in [-0.4, -0.2) is 11.9 Å². The minimum absolute atomic E-state index is 0.169. The summed E-state index contributed by atoms with van der Waals surface area (Å²) in [5.74, 6) is -0.753. The van der Waals surface area contributed by atoms with Gasteiger partial charge in [-0.3, -0.25) is 0 Å². The van der Waals surface area contributed by atoms with Gasteiger partial charge < -0.3 is 9.47 Å². The summed E-state index contributed by atoms with van der Waals surface area (Å²) in [5.41, 5.74) is 4.12. The van der Waals surface area contributed by atoms with Crippen molar-refractivity contribution in [3.63, 3.8) is 0 Å². The lowest BCUT2D eigenvalue weighted by Gasteiger charge is -2.17. The molecule has 0 aliphatic heterocycles. The number of hydrogen-bond acceptors (Lipinski definition) is 4. The van der Waals surface area contributed by atoms with Crippen LogP contribution in [0.5, 0.6) is 0 Å². The number of benzene rings is 4. The van der Waals surface area contributed by atoms with Crippen molar-refractivity contribution in [2.45, 2.75) is 13.8 Å². The largest absolute Gasteiger partial charge is 0.418 e. The van der Waals surface area contributed by atoms with Gasteiger partial charge in [0.05, 0.1) is 11.1 Å². The third-order valence-corrected chi connectivity index (χ3v) is 5.24. The van der Waals surface area contributed by atoms with E-state index in [9.17, 15) is 9.59 Å². The highest BCUT2D eigenvalue weighted by molar-refractivity contribution is 6.00. The molecule has 0 bridgehead atoms. The van der Waals surface area contributed by atoms with E-state index >= 15 is 0 Å². The van der Waals surface area contributed by atoms with E-state index in [0.717, 1.165) is 11.1 Å². The Labute approximate surface area is 199 Å². The second-order valence-electron chi connectivity index (χ2n) is 7.90. The third-order valence-electron chi connectivity index (χ3n) is 5.24. The predicted molar refractivity (Wildman–Crippen MR) is 133 cm³/mol. The molecule has 0 aliphatic carbocycles. The van der Waals surface area contributed by atoms with Gasteiger partial charge in [0.1, 0.15) is 0 Å². The van der Waals surface area contributed by atoms with Crippen LogP contribution in [0.4, 0.5) is 0 Å². The summed E-state index contributed by atoms with van der Waals surface area (Å²) in [6.07, 6.45) is 0. The molecular formula is C30H24O4. The molecular weight excluding hydrogens is 424 g/mol. The highest BCUT2D eigenvalue weighted by Crippen LogP contribution is 2.31. The molecule has 4 aromatic carbocycles. The van der Waals surface area contributed by atoms with E-state index in [2.05, 4.69) is 0 Å². The smallest absolute Gasteiger partial charge is 0.343 e. The standard InChI is InChI=1S/C30H24O4/c1-21-13-17-23(18-14-21)27(33-29(31)25-9-5-3-6-10-25)28(24-19-15-22(2)16-20-24)34-30(32)26-11-7-4-8-12-26/h3-20H,1-2H3/b28-27+. The van der Waals surface area contributed by atoms with Crippen LogP contribution in [0.15, 0.2) is 109 Å². The number of carbonyl (C=O) groups is 2. The van der Waals surface area contributed by atoms with Crippen LogP contribution >= 0.6 is 0 Å². The van der Waals surface area contributed by atoms with E-state index in [1.807, 2.05) is 74.5 Å². The van der Waals surface area contributed by atoms with Crippen molar-refractivity contribution in [3.8, 4) is 0 Å². The van der Waals surface area contributed by atoms with Crippen molar-refractivity contribution < 1.29 is 19.1 Å². The molecule has 0 fully saturated rings. The van der Waals surface area contributed by atoms with Crippen LogP contribution in [0.25, 0.3) is 11.5 Å². The first-order chi connectivity index (χ1) is 16.5. The van der Waals surface area contributed by atoms with Crippen molar-refractivity contribution in [1.29, 1.82) is 0 Å². The molecule has 0 radical (unpaired) electrons. The van der Waals surface area contributed by atoms with Crippen molar-refractivity contribution >= 4 is 23.5 Å². The van der Waals surface area contributed by atoms with Gasteiger partial charge in [0.2, 0.25) is 0 Å². The Morgan fingerprint density at radius 1 is 0.441 bits per heavy atom. The zero-order valence-electron chi connectivity index (χ0n) is 19.0. The lowest BCUT2D eigenvalue weighted by molar-refractivity contribution is 0.0647. The SMILES string of the molecule is Cc1ccc(/C(OC(=O)c2ccccc2)=C(\OC(=O)c2ccccc2)c2ccc(C)cc2)cc1. The van der Waals surface area contributed by atoms with Crippen molar-refractivity contribution in [2.24, 2.45) is 0 Å². The van der Waals surface area contributed by atoms with Gasteiger partial charge in [0.25, 0.3) is 0 Å². The lowest BCUT2D eigenvalue weighted by atomic mass is 10.1. The maximum atomic E-state index is 13.0. The molecule has 0 spiro atoms. The third kappa shape index (κ3) is 5.48. The molecule has 34 heavy (non-hydrogen) atoms. The molecule has 0 amide bonds. The Bertz CT molecular complexity index is 1200. The zero-order valence-corrected chi connectivity index (χ0v) is 19.0. The van der Waals surface area contributed by atoms with Crippen molar-refractivity contribution in [2.75, 3.05) is 0 Å². The van der Waals surface area contributed by atoms with Crippen LogP contribution in [-0.2, 0) is 9.47 Å². The number of carbonyl (C=O) groups excluding carboxylic acids is 2.